The molecule has 2 rings (SSSR count). The molecule has 1 aliphatic heterocycles. The summed E-state index contributed by atoms with van der Waals surface area (Å²) < 4.78 is 0. The van der Waals surface area contributed by atoms with Crippen LogP contribution < -0.4 is 5.32 Å². The summed E-state index contributed by atoms with van der Waals surface area (Å²) in [5.74, 6) is 0. The van der Waals surface area contributed by atoms with E-state index in [-0.39, 0.29) is 0 Å². The standard InChI is InChI=1S/C14H24N2S/c1-3-8-16-9-6-13(7-10-16)15-12(2)14-5-4-11-17-14/h4-5,11-13,15H,3,6-10H2,1-2H3. The van der Waals surface area contributed by atoms with Crippen LogP contribution in [0.25, 0.3) is 0 Å². The van der Waals surface area contributed by atoms with Crippen LogP contribution in [0.2, 0.25) is 0 Å². The first kappa shape index (κ1) is 13.1. The minimum Gasteiger partial charge on any atom is -0.307 e. The summed E-state index contributed by atoms with van der Waals surface area (Å²) in [6.07, 6.45) is 3.88. The minimum atomic E-state index is 0.512. The number of nitrogens with one attached hydrogen (secondary N) is 1. The van der Waals surface area contributed by atoms with Gasteiger partial charge in [-0.3, -0.25) is 0 Å². The summed E-state index contributed by atoms with van der Waals surface area (Å²) in [4.78, 5) is 4.05. The van der Waals surface area contributed by atoms with Crippen molar-refractivity contribution in [2.75, 3.05) is 19.6 Å². The molecule has 2 nitrogen and oxygen atoms in total. The molecule has 0 spiro atoms. The Morgan fingerprint density at radius 1 is 1.47 bits per heavy atom. The van der Waals surface area contributed by atoms with Gasteiger partial charge in [0.1, 0.15) is 0 Å². The van der Waals surface area contributed by atoms with Gasteiger partial charge in [0.25, 0.3) is 0 Å². The largest absolute Gasteiger partial charge is 0.307 e. The van der Waals surface area contributed by atoms with Gasteiger partial charge in [0.05, 0.1) is 0 Å². The molecule has 1 aromatic rings. The highest BCUT2D eigenvalue weighted by molar-refractivity contribution is 7.10. The second-order valence-corrected chi connectivity index (χ2v) is 6.00. The SMILES string of the molecule is CCCN1CCC(NC(C)c2cccs2)CC1. The van der Waals surface area contributed by atoms with Gasteiger partial charge >= 0.3 is 0 Å². The summed E-state index contributed by atoms with van der Waals surface area (Å²) in [7, 11) is 0. The molecule has 17 heavy (non-hydrogen) atoms. The molecule has 1 saturated heterocycles. The van der Waals surface area contributed by atoms with Gasteiger partial charge in [0, 0.05) is 17.0 Å². The number of rotatable bonds is 5. The maximum Gasteiger partial charge on any atom is 0.0388 e. The van der Waals surface area contributed by atoms with Crippen LogP contribution in [0.5, 0.6) is 0 Å². The maximum atomic E-state index is 3.77. The lowest BCUT2D eigenvalue weighted by Crippen LogP contribution is -2.43. The Morgan fingerprint density at radius 2 is 2.24 bits per heavy atom. The number of nitrogens with zero attached hydrogens (tertiary/aromatic N) is 1. The lowest BCUT2D eigenvalue weighted by Gasteiger charge is -2.33. The zero-order chi connectivity index (χ0) is 12.1. The van der Waals surface area contributed by atoms with Gasteiger partial charge in [0.2, 0.25) is 0 Å². The minimum absolute atomic E-state index is 0.512. The molecule has 0 saturated carbocycles. The fraction of sp³-hybridized carbons (Fsp3) is 0.714. The fourth-order valence-electron chi connectivity index (χ4n) is 2.61. The Kier molecular flexibility index (Phi) is 5.01. The van der Waals surface area contributed by atoms with Gasteiger partial charge in [-0.2, -0.15) is 0 Å². The average molecular weight is 252 g/mol. The highest BCUT2D eigenvalue weighted by Gasteiger charge is 2.20. The fourth-order valence-corrected chi connectivity index (χ4v) is 3.36. The lowest BCUT2D eigenvalue weighted by atomic mass is 10.0. The highest BCUT2D eigenvalue weighted by Crippen LogP contribution is 2.21. The molecule has 3 heteroatoms. The average Bonchev–Trinajstić information content (AvgIpc) is 2.86. The zero-order valence-electron chi connectivity index (χ0n) is 11.0. The number of thiophene rings is 1. The lowest BCUT2D eigenvalue weighted by molar-refractivity contribution is 0.193. The van der Waals surface area contributed by atoms with E-state index in [0.717, 1.165) is 0 Å². The van der Waals surface area contributed by atoms with Crippen LogP contribution in [-0.4, -0.2) is 30.6 Å². The quantitative estimate of drug-likeness (QED) is 0.865. The van der Waals surface area contributed by atoms with Crippen molar-refractivity contribution in [3.05, 3.63) is 22.4 Å². The second-order valence-electron chi connectivity index (χ2n) is 5.02. The highest BCUT2D eigenvalue weighted by atomic mass is 32.1. The molecule has 1 fully saturated rings. The van der Waals surface area contributed by atoms with Crippen LogP contribution >= 0.6 is 11.3 Å². The number of piperidine rings is 1. The molecule has 0 bridgehead atoms. The Morgan fingerprint density at radius 3 is 2.82 bits per heavy atom. The van der Waals surface area contributed by atoms with Gasteiger partial charge < -0.3 is 10.2 Å². The molecule has 0 radical (unpaired) electrons. The van der Waals surface area contributed by atoms with Crippen molar-refractivity contribution in [3.63, 3.8) is 0 Å². The summed E-state index contributed by atoms with van der Waals surface area (Å²) >= 11 is 1.86. The van der Waals surface area contributed by atoms with Crippen LogP contribution in [0.4, 0.5) is 0 Å². The molecule has 1 aromatic heterocycles. The van der Waals surface area contributed by atoms with E-state index in [2.05, 4.69) is 41.6 Å². The van der Waals surface area contributed by atoms with Crippen molar-refractivity contribution in [1.29, 1.82) is 0 Å². The van der Waals surface area contributed by atoms with E-state index < -0.39 is 0 Å². The van der Waals surface area contributed by atoms with Crippen molar-refractivity contribution in [2.24, 2.45) is 0 Å². The predicted molar refractivity (Wildman–Crippen MR) is 75.6 cm³/mol. The van der Waals surface area contributed by atoms with Crippen LogP contribution in [0, 0.1) is 0 Å². The number of hydrogen-bond acceptors (Lipinski definition) is 3. The first-order chi connectivity index (χ1) is 8.29. The van der Waals surface area contributed by atoms with Crippen molar-refractivity contribution in [2.45, 2.75) is 45.2 Å². The first-order valence-corrected chi connectivity index (χ1v) is 7.69. The van der Waals surface area contributed by atoms with Gasteiger partial charge in [0.15, 0.2) is 0 Å². The Balaban J connectivity index is 1.74. The van der Waals surface area contributed by atoms with E-state index in [9.17, 15) is 0 Å². The second kappa shape index (κ2) is 6.53. The topological polar surface area (TPSA) is 15.3 Å². The Labute approximate surface area is 109 Å². The predicted octanol–water partition coefficient (Wildman–Crippen LogP) is 3.27. The van der Waals surface area contributed by atoms with Gasteiger partial charge in [-0.25, -0.2) is 0 Å². The van der Waals surface area contributed by atoms with E-state index in [1.54, 1.807) is 0 Å². The van der Waals surface area contributed by atoms with Crippen molar-refractivity contribution < 1.29 is 0 Å². The maximum absolute atomic E-state index is 3.77. The Hall–Kier alpha value is -0.380. The third-order valence-corrected chi connectivity index (χ3v) is 4.64. The van der Waals surface area contributed by atoms with E-state index in [1.807, 2.05) is 11.3 Å². The van der Waals surface area contributed by atoms with Crippen LogP contribution in [0.3, 0.4) is 0 Å². The summed E-state index contributed by atoms with van der Waals surface area (Å²) in [5.41, 5.74) is 0. The third kappa shape index (κ3) is 3.80. The Bertz CT molecular complexity index is 302. The molecular weight excluding hydrogens is 228 g/mol. The third-order valence-electron chi connectivity index (χ3n) is 3.58. The molecule has 2 heterocycles. The van der Waals surface area contributed by atoms with Crippen LogP contribution in [-0.2, 0) is 0 Å². The summed E-state index contributed by atoms with van der Waals surface area (Å²) in [6.45, 7) is 8.35. The molecule has 0 aliphatic carbocycles. The van der Waals surface area contributed by atoms with Gasteiger partial charge in [-0.15, -0.1) is 11.3 Å². The molecule has 1 unspecified atom stereocenters. The van der Waals surface area contributed by atoms with E-state index >= 15 is 0 Å². The van der Waals surface area contributed by atoms with Crippen molar-refractivity contribution in [3.8, 4) is 0 Å². The van der Waals surface area contributed by atoms with E-state index in [1.165, 1.54) is 43.8 Å². The molecule has 96 valence electrons. The van der Waals surface area contributed by atoms with E-state index in [0.29, 0.717) is 12.1 Å². The number of hydrogen-bond donors (Lipinski definition) is 1. The van der Waals surface area contributed by atoms with Crippen molar-refractivity contribution >= 4 is 11.3 Å². The molecule has 1 atom stereocenters. The summed E-state index contributed by atoms with van der Waals surface area (Å²) in [5, 5.41) is 5.93. The molecule has 1 N–H and O–H groups in total. The van der Waals surface area contributed by atoms with E-state index in [4.69, 9.17) is 0 Å². The van der Waals surface area contributed by atoms with Crippen LogP contribution in [0.15, 0.2) is 17.5 Å². The molecule has 0 amide bonds. The van der Waals surface area contributed by atoms with Gasteiger partial charge in [-0.05, 0) is 57.3 Å². The van der Waals surface area contributed by atoms with Crippen LogP contribution in [0.1, 0.15) is 44.0 Å². The molecule has 1 aliphatic rings. The number of likely N-dealkylation sites (tertiary alicyclic amines) is 1. The molecular formula is C14H24N2S. The first-order valence-electron chi connectivity index (χ1n) is 6.81. The zero-order valence-corrected chi connectivity index (χ0v) is 11.8. The summed E-state index contributed by atoms with van der Waals surface area (Å²) in [6, 6.07) is 5.59. The smallest absolute Gasteiger partial charge is 0.0388 e. The normalized spacial score (nSPS) is 20.6. The van der Waals surface area contributed by atoms with Crippen molar-refractivity contribution in [1.82, 2.24) is 10.2 Å². The van der Waals surface area contributed by atoms with Gasteiger partial charge in [-0.1, -0.05) is 13.0 Å². The monoisotopic (exact) mass is 252 g/mol. The molecule has 0 aromatic carbocycles.